The molecule has 2 aliphatic rings. The van der Waals surface area contributed by atoms with E-state index in [0.717, 1.165) is 12.1 Å². The van der Waals surface area contributed by atoms with Gasteiger partial charge < -0.3 is 5.32 Å². The molecule has 1 aromatic rings. The molecule has 0 aliphatic carbocycles. The minimum atomic E-state index is -0.496. The smallest absolute Gasteiger partial charge is 0.312 e. The Morgan fingerprint density at radius 2 is 2.09 bits per heavy atom. The van der Waals surface area contributed by atoms with E-state index in [1.165, 1.54) is 5.56 Å². The molecule has 2 aliphatic heterocycles. The number of rotatable bonds is 0. The van der Waals surface area contributed by atoms with Gasteiger partial charge in [0.2, 0.25) is 0 Å². The average molecular weight is 149 g/mol. The van der Waals surface area contributed by atoms with Gasteiger partial charge in [-0.05, 0) is 11.6 Å². The van der Waals surface area contributed by atoms with Gasteiger partial charge >= 0.3 is 5.91 Å². The van der Waals surface area contributed by atoms with Crippen LogP contribution in [0.25, 0.3) is 0 Å². The van der Waals surface area contributed by atoms with E-state index in [2.05, 4.69) is 11.4 Å². The Bertz CT molecular complexity index is 280. The molecule has 2 heterocycles. The lowest BCUT2D eigenvalue weighted by atomic mass is 10.1. The van der Waals surface area contributed by atoms with Gasteiger partial charge in [-0.3, -0.25) is 0 Å². The fourth-order valence-corrected chi connectivity index (χ4v) is 1.45. The Labute approximate surface area is 63.9 Å². The Hall–Kier alpha value is -1.06. The van der Waals surface area contributed by atoms with Crippen LogP contribution in [0.2, 0.25) is 0 Å². The van der Waals surface area contributed by atoms with Crippen molar-refractivity contribution in [2.24, 2.45) is 0 Å². The first-order chi connectivity index (χ1) is 5.38. The molecule has 1 spiro atoms. The van der Waals surface area contributed by atoms with Crippen LogP contribution < -0.4 is 5.32 Å². The molecule has 0 amide bonds. The molecule has 0 aromatic heterocycles. The third-order valence-corrected chi connectivity index (χ3v) is 2.05. The van der Waals surface area contributed by atoms with Crippen LogP contribution in [-0.2, 0) is 16.2 Å². The average Bonchev–Trinajstić information content (AvgIpc) is 2.66. The summed E-state index contributed by atoms with van der Waals surface area (Å²) in [5.41, 5.74) is 2.37. The second-order valence-electron chi connectivity index (χ2n) is 2.88. The highest BCUT2D eigenvalue weighted by molar-refractivity contribution is 5.57. The van der Waals surface area contributed by atoms with Crippen LogP contribution in [0.5, 0.6) is 0 Å². The second kappa shape index (κ2) is 1.57. The van der Waals surface area contributed by atoms with Gasteiger partial charge in [-0.25, -0.2) is 0 Å². The van der Waals surface area contributed by atoms with Crippen LogP contribution >= 0.6 is 0 Å². The van der Waals surface area contributed by atoms with Crippen LogP contribution in [0.3, 0.4) is 0 Å². The summed E-state index contributed by atoms with van der Waals surface area (Å²) in [4.78, 5) is 9.66. The van der Waals surface area contributed by atoms with E-state index in [4.69, 9.17) is 9.78 Å². The molecule has 56 valence electrons. The van der Waals surface area contributed by atoms with Crippen LogP contribution in [-0.4, -0.2) is 5.91 Å². The summed E-state index contributed by atoms with van der Waals surface area (Å²) in [5.74, 6) is -0.496. The summed E-state index contributed by atoms with van der Waals surface area (Å²) in [6.07, 6.45) is 0.809. The number of para-hydroxylation sites is 1. The zero-order valence-corrected chi connectivity index (χ0v) is 5.83. The molecule has 0 saturated carbocycles. The lowest BCUT2D eigenvalue weighted by molar-refractivity contribution is 0.0850. The molecule has 11 heavy (non-hydrogen) atoms. The minimum Gasteiger partial charge on any atom is -0.330 e. The van der Waals surface area contributed by atoms with E-state index < -0.39 is 5.91 Å². The summed E-state index contributed by atoms with van der Waals surface area (Å²) < 4.78 is 0. The van der Waals surface area contributed by atoms with Gasteiger partial charge in [-0.1, -0.05) is 18.2 Å². The van der Waals surface area contributed by atoms with Crippen molar-refractivity contribution in [3.63, 3.8) is 0 Å². The summed E-state index contributed by atoms with van der Waals surface area (Å²) in [7, 11) is 0. The normalized spacial score (nSPS) is 22.9. The highest BCUT2D eigenvalue weighted by atomic mass is 17.4. The van der Waals surface area contributed by atoms with E-state index >= 15 is 0 Å². The number of nitrogens with one attached hydrogen (secondary N) is 1. The summed E-state index contributed by atoms with van der Waals surface area (Å²) in [6, 6.07) is 8.10. The molecule has 0 radical (unpaired) electrons. The van der Waals surface area contributed by atoms with Gasteiger partial charge in [-0.2, -0.15) is 9.78 Å². The van der Waals surface area contributed by atoms with Crippen molar-refractivity contribution in [2.45, 2.75) is 12.3 Å². The first-order valence-corrected chi connectivity index (χ1v) is 3.61. The predicted octanol–water partition coefficient (Wildman–Crippen LogP) is 1.27. The lowest BCUT2D eigenvalue weighted by Crippen LogP contribution is -2.17. The molecule has 0 bridgehead atoms. The molecule has 1 N–H and O–H groups in total. The van der Waals surface area contributed by atoms with E-state index in [1.54, 1.807) is 0 Å². The first-order valence-electron chi connectivity index (χ1n) is 3.61. The van der Waals surface area contributed by atoms with E-state index in [0.29, 0.717) is 0 Å². The number of fused-ring (bicyclic) bond motifs is 1. The zero-order chi connectivity index (χ0) is 7.31. The van der Waals surface area contributed by atoms with Crippen molar-refractivity contribution in [3.05, 3.63) is 29.8 Å². The van der Waals surface area contributed by atoms with E-state index in [1.807, 2.05) is 18.2 Å². The molecule has 1 fully saturated rings. The molecule has 3 heteroatoms. The first kappa shape index (κ1) is 5.57. The highest BCUT2D eigenvalue weighted by Crippen LogP contribution is 2.42. The molecular weight excluding hydrogens is 142 g/mol. The highest BCUT2D eigenvalue weighted by Gasteiger charge is 2.53. The SMILES string of the molecule is c1ccc2c(c1)CC1(N2)OO1. The molecule has 0 unspecified atom stereocenters. The lowest BCUT2D eigenvalue weighted by Gasteiger charge is -1.96. The topological polar surface area (TPSA) is 37.1 Å². The Morgan fingerprint density at radius 1 is 1.27 bits per heavy atom. The Balaban J connectivity index is 2.08. The largest absolute Gasteiger partial charge is 0.330 e. The van der Waals surface area contributed by atoms with Crippen LogP contribution in [0.1, 0.15) is 5.56 Å². The van der Waals surface area contributed by atoms with Crippen molar-refractivity contribution in [2.75, 3.05) is 5.32 Å². The molecule has 1 saturated heterocycles. The van der Waals surface area contributed by atoms with Crippen molar-refractivity contribution in [1.29, 1.82) is 0 Å². The number of hydrogen-bond donors (Lipinski definition) is 1. The Kier molecular flexibility index (Phi) is 0.796. The fourth-order valence-electron chi connectivity index (χ4n) is 1.45. The van der Waals surface area contributed by atoms with Crippen LogP contribution in [0.4, 0.5) is 5.69 Å². The van der Waals surface area contributed by atoms with Gasteiger partial charge in [0.15, 0.2) is 0 Å². The Morgan fingerprint density at radius 3 is 2.82 bits per heavy atom. The second-order valence-corrected chi connectivity index (χ2v) is 2.88. The predicted molar refractivity (Wildman–Crippen MR) is 38.7 cm³/mol. The van der Waals surface area contributed by atoms with Gasteiger partial charge in [0.1, 0.15) is 0 Å². The molecule has 0 atom stereocenters. The number of hydrogen-bond acceptors (Lipinski definition) is 3. The van der Waals surface area contributed by atoms with Crippen molar-refractivity contribution in [1.82, 2.24) is 0 Å². The summed E-state index contributed by atoms with van der Waals surface area (Å²) in [5, 5.41) is 3.14. The van der Waals surface area contributed by atoms with Crippen LogP contribution in [0, 0.1) is 0 Å². The van der Waals surface area contributed by atoms with Gasteiger partial charge in [-0.15, -0.1) is 0 Å². The quantitative estimate of drug-likeness (QED) is 0.446. The van der Waals surface area contributed by atoms with E-state index in [9.17, 15) is 0 Å². The molecule has 3 nitrogen and oxygen atoms in total. The van der Waals surface area contributed by atoms with Gasteiger partial charge in [0.05, 0.1) is 6.42 Å². The zero-order valence-electron chi connectivity index (χ0n) is 5.83. The van der Waals surface area contributed by atoms with Crippen molar-refractivity contribution >= 4 is 5.69 Å². The maximum Gasteiger partial charge on any atom is 0.312 e. The van der Waals surface area contributed by atoms with Crippen LogP contribution in [0.15, 0.2) is 24.3 Å². The monoisotopic (exact) mass is 149 g/mol. The fraction of sp³-hybridized carbons (Fsp3) is 0.250. The molecule has 3 rings (SSSR count). The summed E-state index contributed by atoms with van der Waals surface area (Å²) >= 11 is 0. The van der Waals surface area contributed by atoms with Gasteiger partial charge in [0.25, 0.3) is 0 Å². The third kappa shape index (κ3) is 0.692. The standard InChI is InChI=1S/C8H7NO2/c1-2-4-7-6(3-1)5-8(9-7)10-11-8/h1-4,9H,5H2. The maximum absolute atomic E-state index is 4.83. The number of anilines is 1. The van der Waals surface area contributed by atoms with Crippen molar-refractivity contribution in [3.8, 4) is 0 Å². The van der Waals surface area contributed by atoms with E-state index in [-0.39, 0.29) is 0 Å². The van der Waals surface area contributed by atoms with Crippen molar-refractivity contribution < 1.29 is 9.78 Å². The summed E-state index contributed by atoms with van der Waals surface area (Å²) in [6.45, 7) is 0. The molecule has 1 aromatic carbocycles. The van der Waals surface area contributed by atoms with Gasteiger partial charge in [0, 0.05) is 5.69 Å². The third-order valence-electron chi connectivity index (χ3n) is 2.05. The number of benzene rings is 1. The molecular formula is C8H7NO2. The minimum absolute atomic E-state index is 0.496. The maximum atomic E-state index is 4.83.